The zero-order chi connectivity index (χ0) is 15.5. The van der Waals surface area contributed by atoms with Crippen LogP contribution in [0.2, 0.25) is 0 Å². The number of nitrogens with zero attached hydrogens (tertiary/aromatic N) is 1. The van der Waals surface area contributed by atoms with Crippen molar-refractivity contribution in [3.63, 3.8) is 0 Å². The second kappa shape index (κ2) is 6.13. The van der Waals surface area contributed by atoms with Gasteiger partial charge in [0.15, 0.2) is 4.87 Å². The molecule has 1 aromatic carbocycles. The summed E-state index contributed by atoms with van der Waals surface area (Å²) in [5.74, 6) is 0. The van der Waals surface area contributed by atoms with Crippen molar-refractivity contribution in [2.75, 3.05) is 6.54 Å². The van der Waals surface area contributed by atoms with E-state index in [0.29, 0.717) is 13.1 Å². The highest BCUT2D eigenvalue weighted by molar-refractivity contribution is 7.87. The topological polar surface area (TPSA) is 57.6 Å². The van der Waals surface area contributed by atoms with Gasteiger partial charge in [0.25, 0.3) is 10.1 Å². The summed E-state index contributed by atoms with van der Waals surface area (Å²) < 4.78 is 34.0. The van der Waals surface area contributed by atoms with Crippen LogP contribution in [0.1, 0.15) is 25.8 Å². The summed E-state index contributed by atoms with van der Waals surface area (Å²) in [5, 5.41) is 0. The van der Waals surface area contributed by atoms with E-state index in [-0.39, 0.29) is 6.42 Å². The van der Waals surface area contributed by atoms with Crippen molar-refractivity contribution in [1.82, 2.24) is 4.90 Å². The monoisotopic (exact) mass is 307 g/mol. The molecule has 0 amide bonds. The average Bonchev–Trinajstić information content (AvgIpc) is 2.44. The van der Waals surface area contributed by atoms with E-state index in [1.165, 1.54) is 0 Å². The fourth-order valence-corrected chi connectivity index (χ4v) is 3.94. The molecule has 0 saturated heterocycles. The molecule has 114 valence electrons. The van der Waals surface area contributed by atoms with Gasteiger partial charge in [0.05, 0.1) is 0 Å². The van der Waals surface area contributed by atoms with Crippen LogP contribution >= 0.6 is 0 Å². The first-order chi connectivity index (χ1) is 9.89. The van der Waals surface area contributed by atoms with E-state index in [9.17, 15) is 13.0 Å². The molecule has 0 fully saturated rings. The SMILES string of the molecule is CCN(Cc1ccccc1)C1(S(=O)(=O)O)C=CC=C(C)C1. The molecule has 0 bridgehead atoms. The lowest BCUT2D eigenvalue weighted by Gasteiger charge is -2.40. The summed E-state index contributed by atoms with van der Waals surface area (Å²) in [7, 11) is -4.25. The Morgan fingerprint density at radius 1 is 1.29 bits per heavy atom. The average molecular weight is 307 g/mol. The van der Waals surface area contributed by atoms with Gasteiger partial charge in [-0.15, -0.1) is 0 Å². The predicted octanol–water partition coefficient (Wildman–Crippen LogP) is 3.00. The molecular formula is C16H21NO3S. The molecule has 1 atom stereocenters. The molecule has 5 heteroatoms. The van der Waals surface area contributed by atoms with E-state index in [0.717, 1.165) is 11.1 Å². The highest BCUT2D eigenvalue weighted by Crippen LogP contribution is 2.34. The third-order valence-corrected chi connectivity index (χ3v) is 5.28. The first-order valence-electron chi connectivity index (χ1n) is 7.00. The van der Waals surface area contributed by atoms with E-state index in [1.54, 1.807) is 17.1 Å². The predicted molar refractivity (Wildman–Crippen MR) is 84.3 cm³/mol. The van der Waals surface area contributed by atoms with Crippen LogP contribution in [0.15, 0.2) is 54.1 Å². The Kier molecular flexibility index (Phi) is 4.66. The largest absolute Gasteiger partial charge is 0.288 e. The number of benzene rings is 1. The Bertz CT molecular complexity index is 649. The molecule has 0 aromatic heterocycles. The molecule has 2 rings (SSSR count). The lowest BCUT2D eigenvalue weighted by molar-refractivity contribution is 0.181. The third-order valence-electron chi connectivity index (χ3n) is 3.85. The van der Waals surface area contributed by atoms with Gasteiger partial charge in [0, 0.05) is 13.0 Å². The number of hydrogen-bond acceptors (Lipinski definition) is 3. The minimum atomic E-state index is -4.25. The molecule has 1 N–H and O–H groups in total. The van der Waals surface area contributed by atoms with Gasteiger partial charge in [-0.1, -0.05) is 55.0 Å². The van der Waals surface area contributed by atoms with E-state index in [2.05, 4.69) is 0 Å². The van der Waals surface area contributed by atoms with Gasteiger partial charge in [-0.05, 0) is 25.1 Å². The standard InChI is InChI=1S/C16H21NO3S/c1-3-17(13-15-9-5-4-6-10-15)16(21(18,19)20)11-7-8-14(2)12-16/h4-11H,3,12-13H2,1-2H3,(H,18,19,20). The van der Waals surface area contributed by atoms with Crippen LogP contribution in [-0.4, -0.2) is 29.3 Å². The molecule has 0 aliphatic heterocycles. The fourth-order valence-electron chi connectivity index (χ4n) is 2.75. The van der Waals surface area contributed by atoms with Crippen LogP contribution < -0.4 is 0 Å². The quantitative estimate of drug-likeness (QED) is 0.850. The molecule has 0 radical (unpaired) electrons. The van der Waals surface area contributed by atoms with E-state index < -0.39 is 15.0 Å². The maximum Gasteiger partial charge on any atom is 0.288 e. The van der Waals surface area contributed by atoms with Crippen LogP contribution in [0.4, 0.5) is 0 Å². The van der Waals surface area contributed by atoms with Gasteiger partial charge in [-0.3, -0.25) is 9.45 Å². The smallest absolute Gasteiger partial charge is 0.284 e. The Morgan fingerprint density at radius 2 is 1.95 bits per heavy atom. The normalized spacial score (nSPS) is 22.4. The second-order valence-electron chi connectivity index (χ2n) is 5.37. The van der Waals surface area contributed by atoms with Gasteiger partial charge in [0.2, 0.25) is 0 Å². The van der Waals surface area contributed by atoms with Crippen molar-refractivity contribution in [2.24, 2.45) is 0 Å². The van der Waals surface area contributed by atoms with Gasteiger partial charge in [0.1, 0.15) is 0 Å². The summed E-state index contributed by atoms with van der Waals surface area (Å²) in [6.45, 7) is 4.76. The van der Waals surface area contributed by atoms with Crippen molar-refractivity contribution in [3.8, 4) is 0 Å². The van der Waals surface area contributed by atoms with Crippen LogP contribution in [0.5, 0.6) is 0 Å². The van der Waals surface area contributed by atoms with Gasteiger partial charge in [-0.2, -0.15) is 8.42 Å². The van der Waals surface area contributed by atoms with Crippen LogP contribution in [0.3, 0.4) is 0 Å². The van der Waals surface area contributed by atoms with Gasteiger partial charge < -0.3 is 0 Å². The summed E-state index contributed by atoms with van der Waals surface area (Å²) in [5.41, 5.74) is 1.95. The Balaban J connectivity index is 2.40. The Morgan fingerprint density at radius 3 is 2.48 bits per heavy atom. The van der Waals surface area contributed by atoms with Gasteiger partial charge >= 0.3 is 0 Å². The molecule has 0 heterocycles. The highest BCUT2D eigenvalue weighted by atomic mass is 32.2. The van der Waals surface area contributed by atoms with Crippen LogP contribution in [0.25, 0.3) is 0 Å². The molecular weight excluding hydrogens is 286 g/mol. The minimum absolute atomic E-state index is 0.281. The second-order valence-corrected chi connectivity index (χ2v) is 7.03. The third kappa shape index (κ3) is 3.26. The van der Waals surface area contributed by atoms with E-state index >= 15 is 0 Å². The van der Waals surface area contributed by atoms with Crippen molar-refractivity contribution >= 4 is 10.1 Å². The number of hydrogen-bond donors (Lipinski definition) is 1. The first kappa shape index (κ1) is 15.9. The Hall–Kier alpha value is -1.43. The molecule has 21 heavy (non-hydrogen) atoms. The van der Waals surface area contributed by atoms with Crippen LogP contribution in [-0.2, 0) is 16.7 Å². The molecule has 0 saturated carbocycles. The summed E-state index contributed by atoms with van der Waals surface area (Å²) in [6.07, 6.45) is 5.45. The molecule has 1 unspecified atom stereocenters. The van der Waals surface area contributed by atoms with E-state index in [1.807, 2.05) is 50.3 Å². The maximum atomic E-state index is 12.1. The lowest BCUT2D eigenvalue weighted by atomic mass is 9.99. The highest BCUT2D eigenvalue weighted by Gasteiger charge is 2.46. The molecule has 1 aromatic rings. The zero-order valence-corrected chi connectivity index (χ0v) is 13.2. The summed E-state index contributed by atoms with van der Waals surface area (Å²) in [6, 6.07) is 9.67. The Labute approximate surface area is 126 Å². The van der Waals surface area contributed by atoms with Crippen molar-refractivity contribution < 1.29 is 13.0 Å². The molecule has 1 aliphatic rings. The van der Waals surface area contributed by atoms with Crippen molar-refractivity contribution in [1.29, 1.82) is 0 Å². The molecule has 0 spiro atoms. The van der Waals surface area contributed by atoms with E-state index in [4.69, 9.17) is 0 Å². The number of likely N-dealkylation sites (N-methyl/N-ethyl adjacent to an activating group) is 1. The summed E-state index contributed by atoms with van der Waals surface area (Å²) >= 11 is 0. The van der Waals surface area contributed by atoms with Gasteiger partial charge in [-0.25, -0.2) is 0 Å². The van der Waals surface area contributed by atoms with Crippen LogP contribution in [0, 0.1) is 0 Å². The molecule has 4 nitrogen and oxygen atoms in total. The number of rotatable bonds is 5. The van der Waals surface area contributed by atoms with Crippen molar-refractivity contribution in [2.45, 2.75) is 31.7 Å². The number of allylic oxidation sites excluding steroid dienone is 2. The molecule has 1 aliphatic carbocycles. The zero-order valence-electron chi connectivity index (χ0n) is 12.4. The summed E-state index contributed by atoms with van der Waals surface area (Å²) in [4.78, 5) is 0.418. The lowest BCUT2D eigenvalue weighted by Crippen LogP contribution is -2.53. The first-order valence-corrected chi connectivity index (χ1v) is 8.44. The van der Waals surface area contributed by atoms with Crippen molar-refractivity contribution in [3.05, 3.63) is 59.7 Å². The fraction of sp³-hybridized carbons (Fsp3) is 0.375. The minimum Gasteiger partial charge on any atom is -0.284 e. The maximum absolute atomic E-state index is 12.1.